The maximum atomic E-state index is 8.71. The molecule has 0 saturated heterocycles. The highest BCUT2D eigenvalue weighted by Crippen LogP contribution is 2.15. The van der Waals surface area contributed by atoms with Crippen molar-refractivity contribution in [1.29, 1.82) is 0 Å². The Morgan fingerprint density at radius 1 is 1.38 bits per heavy atom. The molecule has 0 bridgehead atoms. The second kappa shape index (κ2) is 5.25. The number of halogens is 1. The zero-order valence-corrected chi connectivity index (χ0v) is 9.21. The molecule has 13 heavy (non-hydrogen) atoms. The molecule has 0 heterocycles. The maximum absolute atomic E-state index is 8.71. The van der Waals surface area contributed by atoms with E-state index in [0.29, 0.717) is 6.04 Å². The van der Waals surface area contributed by atoms with Gasteiger partial charge in [-0.3, -0.25) is 0 Å². The van der Waals surface area contributed by atoms with Crippen molar-refractivity contribution in [2.75, 3.05) is 11.9 Å². The second-order valence-corrected chi connectivity index (χ2v) is 3.98. The molecule has 0 amide bonds. The van der Waals surface area contributed by atoms with Gasteiger partial charge in [0.2, 0.25) is 0 Å². The van der Waals surface area contributed by atoms with Crippen LogP contribution in [0.2, 0.25) is 0 Å². The highest BCUT2D eigenvalue weighted by molar-refractivity contribution is 9.10. The van der Waals surface area contributed by atoms with Crippen LogP contribution in [0.4, 0.5) is 5.69 Å². The zero-order valence-electron chi connectivity index (χ0n) is 7.63. The van der Waals surface area contributed by atoms with Gasteiger partial charge in [-0.2, -0.15) is 0 Å². The highest BCUT2D eigenvalue weighted by Gasteiger charge is 1.99. The third kappa shape index (κ3) is 3.79. The average Bonchev–Trinajstić information content (AvgIpc) is 2.09. The molecule has 0 aliphatic heterocycles. The van der Waals surface area contributed by atoms with Gasteiger partial charge in [0.05, 0.1) is 0 Å². The fourth-order valence-corrected chi connectivity index (χ4v) is 1.36. The fraction of sp³-hybridized carbons (Fsp3) is 0.400. The normalized spacial score (nSPS) is 12.5. The number of aliphatic hydroxyl groups excluding tert-OH is 1. The van der Waals surface area contributed by atoms with Crippen LogP contribution in [0.1, 0.15) is 13.3 Å². The minimum Gasteiger partial charge on any atom is -0.396 e. The number of hydrogen-bond acceptors (Lipinski definition) is 2. The molecule has 1 aromatic carbocycles. The van der Waals surface area contributed by atoms with Gasteiger partial charge in [0.1, 0.15) is 0 Å². The highest BCUT2D eigenvalue weighted by atomic mass is 79.9. The van der Waals surface area contributed by atoms with Crippen molar-refractivity contribution in [3.05, 3.63) is 28.7 Å². The van der Waals surface area contributed by atoms with E-state index in [1.165, 1.54) is 0 Å². The van der Waals surface area contributed by atoms with E-state index >= 15 is 0 Å². The topological polar surface area (TPSA) is 32.3 Å². The lowest BCUT2D eigenvalue weighted by molar-refractivity contribution is 0.282. The number of nitrogens with one attached hydrogen (secondary N) is 1. The molecule has 0 aliphatic rings. The summed E-state index contributed by atoms with van der Waals surface area (Å²) in [5.74, 6) is 0. The minimum atomic E-state index is 0.227. The summed E-state index contributed by atoms with van der Waals surface area (Å²) < 4.78 is 1.08. The van der Waals surface area contributed by atoms with Crippen LogP contribution in [0.5, 0.6) is 0 Å². The maximum Gasteiger partial charge on any atom is 0.0450 e. The average molecular weight is 244 g/mol. The summed E-state index contributed by atoms with van der Waals surface area (Å²) in [7, 11) is 0. The Labute approximate surface area is 87.1 Å². The van der Waals surface area contributed by atoms with E-state index in [0.717, 1.165) is 16.6 Å². The van der Waals surface area contributed by atoms with Crippen molar-refractivity contribution < 1.29 is 5.11 Å². The summed E-state index contributed by atoms with van der Waals surface area (Å²) in [4.78, 5) is 0. The Morgan fingerprint density at radius 2 is 2.00 bits per heavy atom. The van der Waals surface area contributed by atoms with Gasteiger partial charge in [0, 0.05) is 22.8 Å². The first kappa shape index (κ1) is 10.5. The third-order valence-electron chi connectivity index (χ3n) is 1.82. The molecule has 1 atom stereocenters. The zero-order chi connectivity index (χ0) is 9.68. The van der Waals surface area contributed by atoms with Crippen LogP contribution in [-0.2, 0) is 0 Å². The summed E-state index contributed by atoms with van der Waals surface area (Å²) in [5.41, 5.74) is 1.09. The molecule has 72 valence electrons. The van der Waals surface area contributed by atoms with E-state index in [2.05, 4.69) is 28.2 Å². The van der Waals surface area contributed by atoms with Crippen LogP contribution in [-0.4, -0.2) is 17.8 Å². The predicted molar refractivity (Wildman–Crippen MR) is 58.9 cm³/mol. The monoisotopic (exact) mass is 243 g/mol. The standard InChI is InChI=1S/C10H14BrNO/c1-8(6-7-13)12-10-4-2-9(11)3-5-10/h2-5,8,12-13H,6-7H2,1H3. The van der Waals surface area contributed by atoms with Gasteiger partial charge in [0.15, 0.2) is 0 Å². The van der Waals surface area contributed by atoms with Crippen molar-refractivity contribution in [3.8, 4) is 0 Å². The predicted octanol–water partition coefficient (Wildman–Crippen LogP) is 2.63. The molecular weight excluding hydrogens is 230 g/mol. The number of hydrogen-bond donors (Lipinski definition) is 2. The van der Waals surface area contributed by atoms with Crippen molar-refractivity contribution in [3.63, 3.8) is 0 Å². The van der Waals surface area contributed by atoms with Gasteiger partial charge in [-0.25, -0.2) is 0 Å². The van der Waals surface area contributed by atoms with Gasteiger partial charge >= 0.3 is 0 Å². The van der Waals surface area contributed by atoms with E-state index in [-0.39, 0.29) is 6.61 Å². The SMILES string of the molecule is CC(CCO)Nc1ccc(Br)cc1. The Morgan fingerprint density at radius 3 is 2.54 bits per heavy atom. The lowest BCUT2D eigenvalue weighted by Gasteiger charge is -2.13. The Bertz CT molecular complexity index is 248. The van der Waals surface area contributed by atoms with Crippen LogP contribution in [0, 0.1) is 0 Å². The van der Waals surface area contributed by atoms with Crippen molar-refractivity contribution in [2.24, 2.45) is 0 Å². The lowest BCUT2D eigenvalue weighted by Crippen LogP contribution is -2.16. The molecule has 0 radical (unpaired) electrons. The summed E-state index contributed by atoms with van der Waals surface area (Å²) in [6, 6.07) is 8.32. The first-order chi connectivity index (χ1) is 6.22. The summed E-state index contributed by atoms with van der Waals surface area (Å²) >= 11 is 3.37. The number of rotatable bonds is 4. The smallest absolute Gasteiger partial charge is 0.0450 e. The Balaban J connectivity index is 2.49. The second-order valence-electron chi connectivity index (χ2n) is 3.06. The van der Waals surface area contributed by atoms with Crippen LogP contribution < -0.4 is 5.32 Å². The molecule has 0 saturated carbocycles. The molecule has 0 spiro atoms. The lowest BCUT2D eigenvalue weighted by atomic mass is 10.2. The van der Waals surface area contributed by atoms with Crippen molar-refractivity contribution >= 4 is 21.6 Å². The van der Waals surface area contributed by atoms with Gasteiger partial charge in [-0.1, -0.05) is 15.9 Å². The van der Waals surface area contributed by atoms with E-state index in [1.54, 1.807) is 0 Å². The number of anilines is 1. The van der Waals surface area contributed by atoms with Crippen LogP contribution in [0.25, 0.3) is 0 Å². The molecule has 1 aromatic rings. The fourth-order valence-electron chi connectivity index (χ4n) is 1.10. The van der Waals surface area contributed by atoms with Crippen LogP contribution in [0.3, 0.4) is 0 Å². The van der Waals surface area contributed by atoms with Gasteiger partial charge in [0.25, 0.3) is 0 Å². The van der Waals surface area contributed by atoms with Crippen LogP contribution in [0.15, 0.2) is 28.7 Å². The summed E-state index contributed by atoms with van der Waals surface area (Å²) in [6.07, 6.45) is 0.774. The molecule has 1 unspecified atom stereocenters. The van der Waals surface area contributed by atoms with E-state index in [4.69, 9.17) is 5.11 Å². The molecule has 0 aromatic heterocycles. The van der Waals surface area contributed by atoms with Crippen LogP contribution >= 0.6 is 15.9 Å². The number of aliphatic hydroxyl groups is 1. The molecular formula is C10H14BrNO. The molecule has 0 fully saturated rings. The Hall–Kier alpha value is -0.540. The quantitative estimate of drug-likeness (QED) is 0.853. The van der Waals surface area contributed by atoms with E-state index < -0.39 is 0 Å². The molecule has 3 heteroatoms. The van der Waals surface area contributed by atoms with E-state index in [9.17, 15) is 0 Å². The molecule has 2 nitrogen and oxygen atoms in total. The van der Waals surface area contributed by atoms with E-state index in [1.807, 2.05) is 24.3 Å². The minimum absolute atomic E-state index is 0.227. The summed E-state index contributed by atoms with van der Waals surface area (Å²) in [6.45, 7) is 2.28. The first-order valence-corrected chi connectivity index (χ1v) is 5.14. The first-order valence-electron chi connectivity index (χ1n) is 4.35. The van der Waals surface area contributed by atoms with Gasteiger partial charge in [-0.05, 0) is 37.6 Å². The largest absolute Gasteiger partial charge is 0.396 e. The van der Waals surface area contributed by atoms with Crippen molar-refractivity contribution in [2.45, 2.75) is 19.4 Å². The van der Waals surface area contributed by atoms with Gasteiger partial charge in [-0.15, -0.1) is 0 Å². The molecule has 2 N–H and O–H groups in total. The molecule has 0 aliphatic carbocycles. The molecule has 1 rings (SSSR count). The third-order valence-corrected chi connectivity index (χ3v) is 2.35. The van der Waals surface area contributed by atoms with Gasteiger partial charge < -0.3 is 10.4 Å². The Kier molecular flexibility index (Phi) is 4.25. The summed E-state index contributed by atoms with van der Waals surface area (Å²) in [5, 5.41) is 12.0. The van der Waals surface area contributed by atoms with Crippen molar-refractivity contribution in [1.82, 2.24) is 0 Å². The number of benzene rings is 1.